The smallest absolute Gasteiger partial charge is 0.242 e. The van der Waals surface area contributed by atoms with Crippen LogP contribution >= 0.6 is 11.6 Å². The van der Waals surface area contributed by atoms with Crippen molar-refractivity contribution in [3.8, 4) is 0 Å². The van der Waals surface area contributed by atoms with Gasteiger partial charge in [0.25, 0.3) is 0 Å². The second-order valence-corrected chi connectivity index (χ2v) is 10.8. The maximum Gasteiger partial charge on any atom is 0.242 e. The molecule has 7 nitrogen and oxygen atoms in total. The van der Waals surface area contributed by atoms with Gasteiger partial charge in [-0.15, -0.1) is 0 Å². The van der Waals surface area contributed by atoms with Gasteiger partial charge in [0.1, 0.15) is 6.04 Å². The molecule has 0 saturated carbocycles. The van der Waals surface area contributed by atoms with E-state index in [0.717, 1.165) is 22.9 Å². The number of carbonyl (C=O) groups excluding carboxylic acids is 2. The molecular weight excluding hydrogens is 474 g/mol. The summed E-state index contributed by atoms with van der Waals surface area (Å²) in [6, 6.07) is 12.3. The second-order valence-electron chi connectivity index (χ2n) is 8.42. The SMILES string of the molecule is CC[C@@H](C(=O)NC)N(Cc1cccc(C)c1)C(=O)CCCN(c1cc(Cl)ccc1C)S(C)(=O)=O. The fourth-order valence-electron chi connectivity index (χ4n) is 3.93. The van der Waals surface area contributed by atoms with Gasteiger partial charge < -0.3 is 10.2 Å². The van der Waals surface area contributed by atoms with Gasteiger partial charge in [0.05, 0.1) is 11.9 Å². The van der Waals surface area contributed by atoms with Crippen molar-refractivity contribution in [1.82, 2.24) is 10.2 Å². The summed E-state index contributed by atoms with van der Waals surface area (Å²) < 4.78 is 26.3. The van der Waals surface area contributed by atoms with E-state index in [1.54, 1.807) is 30.1 Å². The highest BCUT2D eigenvalue weighted by atomic mass is 35.5. The van der Waals surface area contributed by atoms with Gasteiger partial charge in [0.2, 0.25) is 21.8 Å². The first-order chi connectivity index (χ1) is 16.0. The van der Waals surface area contributed by atoms with E-state index in [1.165, 1.54) is 4.31 Å². The van der Waals surface area contributed by atoms with Crippen molar-refractivity contribution in [1.29, 1.82) is 0 Å². The summed E-state index contributed by atoms with van der Waals surface area (Å²) in [5.74, 6) is -0.427. The number of aryl methyl sites for hydroxylation is 2. The minimum absolute atomic E-state index is 0.102. The van der Waals surface area contributed by atoms with Crippen molar-refractivity contribution in [3.05, 3.63) is 64.2 Å². The van der Waals surface area contributed by atoms with Crippen LogP contribution in [0.5, 0.6) is 0 Å². The van der Waals surface area contributed by atoms with Crippen LogP contribution in [0.1, 0.15) is 42.9 Å². The summed E-state index contributed by atoms with van der Waals surface area (Å²) >= 11 is 6.10. The third-order valence-electron chi connectivity index (χ3n) is 5.66. The van der Waals surface area contributed by atoms with E-state index in [2.05, 4.69) is 5.32 Å². The van der Waals surface area contributed by atoms with Crippen LogP contribution in [-0.2, 0) is 26.2 Å². The summed E-state index contributed by atoms with van der Waals surface area (Å²) in [5, 5.41) is 3.08. The number of amides is 2. The lowest BCUT2D eigenvalue weighted by atomic mass is 10.1. The van der Waals surface area contributed by atoms with Crippen molar-refractivity contribution >= 4 is 39.1 Å². The van der Waals surface area contributed by atoms with E-state index in [1.807, 2.05) is 45.0 Å². The van der Waals surface area contributed by atoms with Gasteiger partial charge in [-0.25, -0.2) is 8.42 Å². The zero-order valence-electron chi connectivity index (χ0n) is 20.5. The van der Waals surface area contributed by atoms with Crippen molar-refractivity contribution in [3.63, 3.8) is 0 Å². The van der Waals surface area contributed by atoms with Crippen LogP contribution in [0.15, 0.2) is 42.5 Å². The molecule has 2 rings (SSSR count). The van der Waals surface area contributed by atoms with E-state index < -0.39 is 16.1 Å². The van der Waals surface area contributed by atoms with Crippen LogP contribution in [0.25, 0.3) is 0 Å². The Kier molecular flexibility index (Phi) is 9.94. The Bertz CT molecular complexity index is 1120. The minimum atomic E-state index is -3.58. The van der Waals surface area contributed by atoms with Gasteiger partial charge in [-0.05, 0) is 49.9 Å². The molecule has 0 unspecified atom stereocenters. The molecule has 0 aliphatic rings. The lowest BCUT2D eigenvalue weighted by molar-refractivity contribution is -0.141. The van der Waals surface area contributed by atoms with Crippen molar-refractivity contribution in [2.75, 3.05) is 24.2 Å². The summed E-state index contributed by atoms with van der Waals surface area (Å²) in [7, 11) is -2.03. The van der Waals surface area contributed by atoms with Gasteiger partial charge in [0, 0.05) is 31.6 Å². The number of nitrogens with one attached hydrogen (secondary N) is 1. The molecule has 0 fully saturated rings. The van der Waals surface area contributed by atoms with Crippen LogP contribution in [0, 0.1) is 13.8 Å². The first kappa shape index (κ1) is 27.7. The van der Waals surface area contributed by atoms with E-state index in [4.69, 9.17) is 11.6 Å². The third kappa shape index (κ3) is 7.46. The summed E-state index contributed by atoms with van der Waals surface area (Å²) in [5.41, 5.74) is 3.27. The number of rotatable bonds is 11. The largest absolute Gasteiger partial charge is 0.357 e. The summed E-state index contributed by atoms with van der Waals surface area (Å²) in [6.07, 6.45) is 2.00. The normalized spacial score (nSPS) is 12.2. The maximum atomic E-state index is 13.3. The molecule has 0 spiro atoms. The number of hydrogen-bond donors (Lipinski definition) is 1. The number of likely N-dealkylation sites (N-methyl/N-ethyl adjacent to an activating group) is 1. The number of carbonyl (C=O) groups is 2. The Morgan fingerprint density at radius 1 is 1.12 bits per heavy atom. The van der Waals surface area contributed by atoms with Crippen molar-refractivity contribution in [2.24, 2.45) is 0 Å². The topological polar surface area (TPSA) is 86.8 Å². The van der Waals surface area contributed by atoms with E-state index in [9.17, 15) is 18.0 Å². The summed E-state index contributed by atoms with van der Waals surface area (Å²) in [4.78, 5) is 27.4. The molecule has 9 heteroatoms. The number of hydrogen-bond acceptors (Lipinski definition) is 4. The molecule has 2 aromatic rings. The highest BCUT2D eigenvalue weighted by Gasteiger charge is 2.28. The van der Waals surface area contributed by atoms with Gasteiger partial charge in [-0.2, -0.15) is 0 Å². The molecule has 1 N–H and O–H groups in total. The highest BCUT2D eigenvalue weighted by molar-refractivity contribution is 7.92. The minimum Gasteiger partial charge on any atom is -0.357 e. The van der Waals surface area contributed by atoms with Crippen molar-refractivity contribution in [2.45, 2.75) is 52.6 Å². The van der Waals surface area contributed by atoms with E-state index >= 15 is 0 Å². The van der Waals surface area contributed by atoms with Crippen LogP contribution in [0.2, 0.25) is 5.02 Å². The zero-order chi connectivity index (χ0) is 25.5. The molecule has 0 aromatic heterocycles. The number of sulfonamides is 1. The first-order valence-electron chi connectivity index (χ1n) is 11.3. The molecular formula is C25H34ClN3O4S. The monoisotopic (exact) mass is 507 g/mol. The quantitative estimate of drug-likeness (QED) is 0.497. The van der Waals surface area contributed by atoms with Crippen LogP contribution in [0.4, 0.5) is 5.69 Å². The van der Waals surface area contributed by atoms with Gasteiger partial charge in [0.15, 0.2) is 0 Å². The van der Waals surface area contributed by atoms with E-state index in [-0.39, 0.29) is 24.8 Å². The average molecular weight is 508 g/mol. The Hall–Kier alpha value is -2.58. The lowest BCUT2D eigenvalue weighted by Gasteiger charge is -2.31. The second kappa shape index (κ2) is 12.2. The molecule has 1 atom stereocenters. The predicted molar refractivity (Wildman–Crippen MR) is 137 cm³/mol. The van der Waals surface area contributed by atoms with Gasteiger partial charge >= 0.3 is 0 Å². The standard InChI is InChI=1S/C25H34ClN3O4S/c1-6-22(25(31)27-4)28(17-20-10-7-9-18(2)15-20)24(30)11-8-14-29(34(5,32)33)23-16-21(26)13-12-19(23)3/h7,9-10,12-13,15-16,22H,6,8,11,14,17H2,1-5H3,(H,27,31)/t22-/m0/s1. The highest BCUT2D eigenvalue weighted by Crippen LogP contribution is 2.27. The van der Waals surface area contributed by atoms with Crippen LogP contribution in [-0.4, -0.2) is 51.0 Å². The molecule has 0 radical (unpaired) electrons. The Labute approximate surface area is 208 Å². The Balaban J connectivity index is 2.22. The molecule has 0 aliphatic carbocycles. The number of nitrogens with zero attached hydrogens (tertiary/aromatic N) is 2. The molecule has 34 heavy (non-hydrogen) atoms. The van der Waals surface area contributed by atoms with Gasteiger partial charge in [-0.1, -0.05) is 54.4 Å². The summed E-state index contributed by atoms with van der Waals surface area (Å²) in [6.45, 7) is 6.08. The van der Waals surface area contributed by atoms with Crippen LogP contribution < -0.4 is 9.62 Å². The molecule has 0 aliphatic heterocycles. The fraction of sp³-hybridized carbons (Fsp3) is 0.440. The predicted octanol–water partition coefficient (Wildman–Crippen LogP) is 4.06. The third-order valence-corrected chi connectivity index (χ3v) is 7.07. The molecule has 0 heterocycles. The molecule has 2 aromatic carbocycles. The van der Waals surface area contributed by atoms with E-state index in [0.29, 0.717) is 30.1 Å². The first-order valence-corrected chi connectivity index (χ1v) is 13.5. The van der Waals surface area contributed by atoms with Gasteiger partial charge in [-0.3, -0.25) is 13.9 Å². The number of benzene rings is 2. The van der Waals surface area contributed by atoms with Crippen molar-refractivity contribution < 1.29 is 18.0 Å². The maximum absolute atomic E-state index is 13.3. The lowest BCUT2D eigenvalue weighted by Crippen LogP contribution is -2.48. The Morgan fingerprint density at radius 2 is 1.82 bits per heavy atom. The molecule has 186 valence electrons. The molecule has 0 saturated heterocycles. The number of anilines is 1. The molecule has 0 bridgehead atoms. The van der Waals surface area contributed by atoms with Crippen LogP contribution in [0.3, 0.4) is 0 Å². The zero-order valence-corrected chi connectivity index (χ0v) is 22.0. The fourth-order valence-corrected chi connectivity index (χ4v) is 5.11. The molecule has 2 amide bonds. The Morgan fingerprint density at radius 3 is 2.41 bits per heavy atom. The average Bonchev–Trinajstić information content (AvgIpc) is 2.77. The number of halogens is 1.